The molecule has 3 heteroatoms. The molecule has 1 aliphatic rings. The highest BCUT2D eigenvalue weighted by Crippen LogP contribution is 2.08. The minimum absolute atomic E-state index is 0.143. The minimum Gasteiger partial charge on any atom is -0.394 e. The zero-order valence-electron chi connectivity index (χ0n) is 8.37. The van der Waals surface area contributed by atoms with Crippen LogP contribution in [0.2, 0.25) is 0 Å². The van der Waals surface area contributed by atoms with Gasteiger partial charge in [-0.05, 0) is 32.4 Å². The van der Waals surface area contributed by atoms with Gasteiger partial charge >= 0.3 is 0 Å². The summed E-state index contributed by atoms with van der Waals surface area (Å²) in [6, 6.07) is 0. The molecular weight excluding hydrogens is 166 g/mol. The second kappa shape index (κ2) is 7.30. The molecule has 0 aromatic heterocycles. The zero-order valence-corrected chi connectivity index (χ0v) is 8.37. The van der Waals surface area contributed by atoms with E-state index in [9.17, 15) is 0 Å². The molecule has 0 aliphatic carbocycles. The van der Waals surface area contributed by atoms with E-state index in [0.717, 1.165) is 19.6 Å². The average molecular weight is 187 g/mol. The molecule has 0 spiro atoms. The van der Waals surface area contributed by atoms with Crippen LogP contribution in [0.25, 0.3) is 0 Å². The van der Waals surface area contributed by atoms with Crippen LogP contribution in [0.15, 0.2) is 0 Å². The van der Waals surface area contributed by atoms with Crippen LogP contribution >= 0.6 is 0 Å². The van der Waals surface area contributed by atoms with E-state index in [1.165, 1.54) is 32.4 Å². The second-order valence-electron chi connectivity index (χ2n) is 3.59. The maximum atomic E-state index is 8.48. The minimum atomic E-state index is 0.143. The summed E-state index contributed by atoms with van der Waals surface area (Å²) in [4.78, 5) is 2.51. The van der Waals surface area contributed by atoms with Gasteiger partial charge in [0.15, 0.2) is 0 Å². The Balaban J connectivity index is 1.86. The van der Waals surface area contributed by atoms with Gasteiger partial charge in [-0.25, -0.2) is 0 Å². The van der Waals surface area contributed by atoms with Crippen molar-refractivity contribution < 1.29 is 9.84 Å². The van der Waals surface area contributed by atoms with Crippen LogP contribution in [0.1, 0.15) is 25.7 Å². The smallest absolute Gasteiger partial charge is 0.0697 e. The second-order valence-corrected chi connectivity index (χ2v) is 3.59. The summed E-state index contributed by atoms with van der Waals surface area (Å²) in [5, 5.41) is 8.48. The first kappa shape index (κ1) is 11.0. The molecule has 1 saturated heterocycles. The highest BCUT2D eigenvalue weighted by molar-refractivity contribution is 4.63. The lowest BCUT2D eigenvalue weighted by atomic mass is 10.1. The molecule has 1 aliphatic heterocycles. The van der Waals surface area contributed by atoms with Crippen LogP contribution in [-0.4, -0.2) is 49.5 Å². The van der Waals surface area contributed by atoms with Crippen molar-refractivity contribution in [1.29, 1.82) is 0 Å². The van der Waals surface area contributed by atoms with E-state index in [1.807, 2.05) is 0 Å². The van der Waals surface area contributed by atoms with Gasteiger partial charge in [0.2, 0.25) is 0 Å². The lowest BCUT2D eigenvalue weighted by molar-refractivity contribution is 0.0829. The molecule has 0 aromatic carbocycles. The molecule has 1 N–H and O–H groups in total. The molecule has 78 valence electrons. The number of aliphatic hydroxyl groups excluding tert-OH is 1. The summed E-state index contributed by atoms with van der Waals surface area (Å²) in [6.45, 7) is 5.10. The normalized spacial score (nSPS) is 19.2. The third kappa shape index (κ3) is 5.24. The largest absolute Gasteiger partial charge is 0.394 e. The van der Waals surface area contributed by atoms with Crippen molar-refractivity contribution >= 4 is 0 Å². The molecule has 0 amide bonds. The van der Waals surface area contributed by atoms with Crippen molar-refractivity contribution in [3.05, 3.63) is 0 Å². The Morgan fingerprint density at radius 2 is 1.85 bits per heavy atom. The lowest BCUT2D eigenvalue weighted by Crippen LogP contribution is -2.31. The van der Waals surface area contributed by atoms with E-state index in [2.05, 4.69) is 4.90 Å². The SMILES string of the molecule is OCCOCCCN1CCCCC1. The van der Waals surface area contributed by atoms with Crippen LogP contribution < -0.4 is 0 Å². The van der Waals surface area contributed by atoms with Crippen molar-refractivity contribution in [2.45, 2.75) is 25.7 Å². The molecule has 1 fully saturated rings. The lowest BCUT2D eigenvalue weighted by Gasteiger charge is -2.26. The van der Waals surface area contributed by atoms with Gasteiger partial charge in [-0.1, -0.05) is 6.42 Å². The van der Waals surface area contributed by atoms with E-state index in [4.69, 9.17) is 9.84 Å². The molecule has 3 nitrogen and oxygen atoms in total. The molecule has 0 aromatic rings. The molecule has 0 unspecified atom stereocenters. The number of nitrogens with zero attached hydrogens (tertiary/aromatic N) is 1. The number of aliphatic hydroxyl groups is 1. The zero-order chi connectivity index (χ0) is 9.36. The van der Waals surface area contributed by atoms with Crippen LogP contribution in [-0.2, 0) is 4.74 Å². The van der Waals surface area contributed by atoms with Gasteiger partial charge in [-0.2, -0.15) is 0 Å². The Kier molecular flexibility index (Phi) is 6.15. The summed E-state index contributed by atoms with van der Waals surface area (Å²) in [6.07, 6.45) is 5.21. The van der Waals surface area contributed by atoms with Crippen molar-refractivity contribution in [2.75, 3.05) is 39.5 Å². The number of rotatable bonds is 6. The fourth-order valence-corrected chi connectivity index (χ4v) is 1.74. The van der Waals surface area contributed by atoms with Crippen LogP contribution in [0.4, 0.5) is 0 Å². The standard InChI is InChI=1S/C10H21NO2/c12-8-10-13-9-4-7-11-5-2-1-3-6-11/h12H,1-10H2. The molecule has 1 rings (SSSR count). The van der Waals surface area contributed by atoms with Gasteiger partial charge in [-0.3, -0.25) is 0 Å². The van der Waals surface area contributed by atoms with Gasteiger partial charge in [0.05, 0.1) is 13.2 Å². The van der Waals surface area contributed by atoms with Crippen molar-refractivity contribution in [2.24, 2.45) is 0 Å². The van der Waals surface area contributed by atoms with Crippen molar-refractivity contribution in [3.8, 4) is 0 Å². The monoisotopic (exact) mass is 187 g/mol. The van der Waals surface area contributed by atoms with Crippen LogP contribution in [0.5, 0.6) is 0 Å². The highest BCUT2D eigenvalue weighted by atomic mass is 16.5. The fourth-order valence-electron chi connectivity index (χ4n) is 1.74. The van der Waals surface area contributed by atoms with E-state index >= 15 is 0 Å². The van der Waals surface area contributed by atoms with Crippen molar-refractivity contribution in [3.63, 3.8) is 0 Å². The Labute approximate surface area is 80.7 Å². The first-order chi connectivity index (χ1) is 6.43. The van der Waals surface area contributed by atoms with Crippen LogP contribution in [0.3, 0.4) is 0 Å². The van der Waals surface area contributed by atoms with E-state index in [1.54, 1.807) is 0 Å². The summed E-state index contributed by atoms with van der Waals surface area (Å²) >= 11 is 0. The molecule has 1 heterocycles. The molecule has 0 saturated carbocycles. The van der Waals surface area contributed by atoms with Gasteiger partial charge in [0, 0.05) is 13.2 Å². The highest BCUT2D eigenvalue weighted by Gasteiger charge is 2.08. The molecular formula is C10H21NO2. The predicted molar refractivity (Wildman–Crippen MR) is 52.8 cm³/mol. The summed E-state index contributed by atoms with van der Waals surface area (Å²) in [5.74, 6) is 0. The van der Waals surface area contributed by atoms with Gasteiger partial charge in [0.1, 0.15) is 0 Å². The summed E-state index contributed by atoms with van der Waals surface area (Å²) in [7, 11) is 0. The number of hydrogen-bond acceptors (Lipinski definition) is 3. The quantitative estimate of drug-likeness (QED) is 0.626. The first-order valence-corrected chi connectivity index (χ1v) is 5.34. The average Bonchev–Trinajstić information content (AvgIpc) is 2.19. The Morgan fingerprint density at radius 3 is 2.54 bits per heavy atom. The van der Waals surface area contributed by atoms with Gasteiger partial charge < -0.3 is 14.7 Å². The number of piperidine rings is 1. The van der Waals surface area contributed by atoms with E-state index in [-0.39, 0.29) is 6.61 Å². The Morgan fingerprint density at radius 1 is 1.08 bits per heavy atom. The number of likely N-dealkylation sites (tertiary alicyclic amines) is 1. The molecule has 13 heavy (non-hydrogen) atoms. The third-order valence-corrected chi connectivity index (χ3v) is 2.45. The number of ether oxygens (including phenoxy) is 1. The van der Waals surface area contributed by atoms with E-state index in [0.29, 0.717) is 6.61 Å². The van der Waals surface area contributed by atoms with Crippen molar-refractivity contribution in [1.82, 2.24) is 4.90 Å². The molecule has 0 radical (unpaired) electrons. The molecule has 0 atom stereocenters. The number of hydrogen-bond donors (Lipinski definition) is 1. The van der Waals surface area contributed by atoms with Gasteiger partial charge in [0.25, 0.3) is 0 Å². The summed E-state index contributed by atoms with van der Waals surface area (Å²) < 4.78 is 5.20. The van der Waals surface area contributed by atoms with E-state index < -0.39 is 0 Å². The maximum Gasteiger partial charge on any atom is 0.0697 e. The van der Waals surface area contributed by atoms with Gasteiger partial charge in [-0.15, -0.1) is 0 Å². The van der Waals surface area contributed by atoms with Crippen LogP contribution in [0, 0.1) is 0 Å². The maximum absolute atomic E-state index is 8.48. The Bertz CT molecular complexity index is 113. The fraction of sp³-hybridized carbons (Fsp3) is 1.00. The summed E-state index contributed by atoms with van der Waals surface area (Å²) in [5.41, 5.74) is 0. The Hall–Kier alpha value is -0.120. The molecule has 0 bridgehead atoms. The topological polar surface area (TPSA) is 32.7 Å². The third-order valence-electron chi connectivity index (χ3n) is 2.45. The predicted octanol–water partition coefficient (Wildman–Crippen LogP) is 0.871. The first-order valence-electron chi connectivity index (χ1n) is 5.34.